The summed E-state index contributed by atoms with van der Waals surface area (Å²) in [5.41, 5.74) is 1.36. The quantitative estimate of drug-likeness (QED) is 0.870. The van der Waals surface area contributed by atoms with E-state index in [1.165, 1.54) is 11.5 Å². The Morgan fingerprint density at radius 2 is 2.00 bits per heavy atom. The fourth-order valence-electron chi connectivity index (χ4n) is 2.51. The number of sulfone groups is 1. The molecule has 1 aromatic carbocycles. The lowest BCUT2D eigenvalue weighted by Crippen LogP contribution is -2.37. The number of hydrogen-bond donors (Lipinski definition) is 1. The van der Waals surface area contributed by atoms with Gasteiger partial charge < -0.3 is 9.84 Å². The standard InChI is InChI=1S/C13H15NO4S/c15-12-3-1-2-11-10(9-19(16,17)13(11)12)8-14-4-6-18-7-5-14/h1-3,9,15H,4-8H2. The van der Waals surface area contributed by atoms with Gasteiger partial charge in [0.2, 0.25) is 9.84 Å². The first-order valence-electron chi connectivity index (χ1n) is 6.16. The highest BCUT2D eigenvalue weighted by atomic mass is 32.2. The maximum absolute atomic E-state index is 12.0. The topological polar surface area (TPSA) is 66.8 Å². The van der Waals surface area contributed by atoms with E-state index in [4.69, 9.17) is 4.74 Å². The van der Waals surface area contributed by atoms with E-state index in [9.17, 15) is 13.5 Å². The highest BCUT2D eigenvalue weighted by Crippen LogP contribution is 2.39. The third-order valence-corrected chi connectivity index (χ3v) is 5.01. The Morgan fingerprint density at radius 3 is 2.74 bits per heavy atom. The van der Waals surface area contributed by atoms with E-state index >= 15 is 0 Å². The van der Waals surface area contributed by atoms with Crippen LogP contribution in [0.5, 0.6) is 5.75 Å². The van der Waals surface area contributed by atoms with Crippen molar-refractivity contribution < 1.29 is 18.3 Å². The van der Waals surface area contributed by atoms with Crippen molar-refractivity contribution in [2.24, 2.45) is 0 Å². The Morgan fingerprint density at radius 1 is 1.26 bits per heavy atom. The number of aromatic hydroxyl groups is 1. The summed E-state index contributed by atoms with van der Waals surface area (Å²) < 4.78 is 29.4. The van der Waals surface area contributed by atoms with Crippen LogP contribution in [0, 0.1) is 0 Å². The summed E-state index contributed by atoms with van der Waals surface area (Å²) in [6, 6.07) is 4.82. The number of fused-ring (bicyclic) bond motifs is 1. The molecule has 0 spiro atoms. The molecule has 102 valence electrons. The number of phenolic OH excluding ortho intramolecular Hbond substituents is 1. The van der Waals surface area contributed by atoms with Gasteiger partial charge in [0.1, 0.15) is 10.6 Å². The molecule has 0 aromatic heterocycles. The number of morpholine rings is 1. The zero-order valence-electron chi connectivity index (χ0n) is 10.4. The first kappa shape index (κ1) is 12.7. The summed E-state index contributed by atoms with van der Waals surface area (Å²) in [5, 5.41) is 11.0. The van der Waals surface area contributed by atoms with Gasteiger partial charge in [-0.3, -0.25) is 4.90 Å². The molecule has 1 aromatic rings. The lowest BCUT2D eigenvalue weighted by molar-refractivity contribution is 0.0444. The van der Waals surface area contributed by atoms with E-state index < -0.39 is 9.84 Å². The normalized spacial score (nSPS) is 22.0. The second-order valence-electron chi connectivity index (χ2n) is 4.73. The predicted molar refractivity (Wildman–Crippen MR) is 70.5 cm³/mol. The fraction of sp³-hybridized carbons (Fsp3) is 0.385. The first-order valence-corrected chi connectivity index (χ1v) is 7.71. The Bertz CT molecular complexity index is 630. The van der Waals surface area contributed by atoms with Gasteiger partial charge in [-0.1, -0.05) is 12.1 Å². The molecule has 5 nitrogen and oxygen atoms in total. The van der Waals surface area contributed by atoms with Gasteiger partial charge in [0, 0.05) is 30.6 Å². The molecule has 0 radical (unpaired) electrons. The molecule has 0 unspecified atom stereocenters. The van der Waals surface area contributed by atoms with E-state index in [-0.39, 0.29) is 10.6 Å². The molecular formula is C13H15NO4S. The van der Waals surface area contributed by atoms with Crippen molar-refractivity contribution in [1.29, 1.82) is 0 Å². The largest absolute Gasteiger partial charge is 0.507 e. The average Bonchev–Trinajstić information content (AvgIpc) is 2.63. The van der Waals surface area contributed by atoms with Gasteiger partial charge in [-0.15, -0.1) is 0 Å². The van der Waals surface area contributed by atoms with Crippen molar-refractivity contribution in [1.82, 2.24) is 4.90 Å². The van der Waals surface area contributed by atoms with Crippen LogP contribution < -0.4 is 0 Å². The molecule has 19 heavy (non-hydrogen) atoms. The molecule has 0 saturated carbocycles. The van der Waals surface area contributed by atoms with Crippen molar-refractivity contribution in [3.05, 3.63) is 29.2 Å². The minimum absolute atomic E-state index is 0.0401. The number of hydrogen-bond acceptors (Lipinski definition) is 5. The first-order chi connectivity index (χ1) is 9.08. The molecule has 0 atom stereocenters. The van der Waals surface area contributed by atoms with Crippen LogP contribution in [0.1, 0.15) is 5.56 Å². The van der Waals surface area contributed by atoms with Gasteiger partial charge in [0.05, 0.1) is 13.2 Å². The van der Waals surface area contributed by atoms with Crippen molar-refractivity contribution in [2.45, 2.75) is 4.90 Å². The van der Waals surface area contributed by atoms with Crippen LogP contribution >= 0.6 is 0 Å². The molecule has 2 aliphatic rings. The molecule has 1 saturated heterocycles. The molecule has 6 heteroatoms. The van der Waals surface area contributed by atoms with Crippen LogP contribution in [0.15, 0.2) is 28.5 Å². The number of phenols is 1. The molecule has 0 amide bonds. The van der Waals surface area contributed by atoms with Gasteiger partial charge in [0.25, 0.3) is 0 Å². The van der Waals surface area contributed by atoms with E-state index in [1.54, 1.807) is 12.1 Å². The number of nitrogens with zero attached hydrogens (tertiary/aromatic N) is 1. The van der Waals surface area contributed by atoms with Gasteiger partial charge in [-0.25, -0.2) is 8.42 Å². The van der Waals surface area contributed by atoms with Gasteiger partial charge >= 0.3 is 0 Å². The minimum atomic E-state index is -3.51. The van der Waals surface area contributed by atoms with Crippen LogP contribution in [-0.2, 0) is 14.6 Å². The number of rotatable bonds is 2. The summed E-state index contributed by atoms with van der Waals surface area (Å²) in [4.78, 5) is 2.20. The van der Waals surface area contributed by atoms with Crippen molar-refractivity contribution in [3.63, 3.8) is 0 Å². The Kier molecular flexibility index (Phi) is 3.08. The smallest absolute Gasteiger partial charge is 0.204 e. The highest BCUT2D eigenvalue weighted by molar-refractivity contribution is 7.95. The van der Waals surface area contributed by atoms with E-state index in [0.29, 0.717) is 25.3 Å². The zero-order chi connectivity index (χ0) is 13.5. The predicted octanol–water partition coefficient (Wildman–Crippen LogP) is 0.853. The molecule has 0 aliphatic carbocycles. The Hall–Kier alpha value is -1.37. The van der Waals surface area contributed by atoms with E-state index in [2.05, 4.69) is 4.90 Å². The summed E-state index contributed by atoms with van der Waals surface area (Å²) in [5.74, 6) is -0.175. The van der Waals surface area contributed by atoms with Crippen LogP contribution in [0.2, 0.25) is 0 Å². The Balaban J connectivity index is 1.94. The Labute approximate surface area is 112 Å². The SMILES string of the molecule is O=S1(=O)C=C(CN2CCOCC2)c2cccc(O)c21. The van der Waals surface area contributed by atoms with Gasteiger partial charge in [-0.05, 0) is 11.6 Å². The molecule has 3 rings (SSSR count). The molecule has 1 N–H and O–H groups in total. The van der Waals surface area contributed by atoms with Crippen molar-refractivity contribution in [3.8, 4) is 5.75 Å². The molecule has 0 bridgehead atoms. The average molecular weight is 281 g/mol. The fourth-order valence-corrected chi connectivity index (χ4v) is 4.07. The third-order valence-electron chi connectivity index (χ3n) is 3.42. The molecule has 2 heterocycles. The van der Waals surface area contributed by atoms with Gasteiger partial charge in [0.15, 0.2) is 0 Å². The highest BCUT2D eigenvalue weighted by Gasteiger charge is 2.30. The van der Waals surface area contributed by atoms with Gasteiger partial charge in [-0.2, -0.15) is 0 Å². The molecule has 2 aliphatic heterocycles. The monoisotopic (exact) mass is 281 g/mol. The van der Waals surface area contributed by atoms with Crippen molar-refractivity contribution in [2.75, 3.05) is 32.8 Å². The second kappa shape index (κ2) is 4.63. The van der Waals surface area contributed by atoms with Crippen LogP contribution in [-0.4, -0.2) is 51.3 Å². The number of benzene rings is 1. The maximum Gasteiger partial charge on any atom is 0.204 e. The summed E-state index contributed by atoms with van der Waals surface area (Å²) in [6.45, 7) is 3.51. The van der Waals surface area contributed by atoms with E-state index in [0.717, 1.165) is 18.7 Å². The van der Waals surface area contributed by atoms with Crippen LogP contribution in [0.25, 0.3) is 5.57 Å². The number of ether oxygens (including phenoxy) is 1. The van der Waals surface area contributed by atoms with Crippen LogP contribution in [0.3, 0.4) is 0 Å². The second-order valence-corrected chi connectivity index (χ2v) is 6.46. The van der Waals surface area contributed by atoms with Crippen molar-refractivity contribution >= 4 is 15.4 Å². The third kappa shape index (κ3) is 2.27. The maximum atomic E-state index is 12.0. The summed E-state index contributed by atoms with van der Waals surface area (Å²) in [7, 11) is -3.51. The lowest BCUT2D eigenvalue weighted by atomic mass is 10.1. The summed E-state index contributed by atoms with van der Waals surface area (Å²) in [6.07, 6.45) is 0. The lowest BCUT2D eigenvalue weighted by Gasteiger charge is -2.27. The summed E-state index contributed by atoms with van der Waals surface area (Å²) >= 11 is 0. The van der Waals surface area contributed by atoms with E-state index in [1.807, 2.05) is 0 Å². The minimum Gasteiger partial charge on any atom is -0.507 e. The van der Waals surface area contributed by atoms with Crippen LogP contribution in [0.4, 0.5) is 0 Å². The molecular weight excluding hydrogens is 266 g/mol. The molecule has 1 fully saturated rings. The zero-order valence-corrected chi connectivity index (χ0v) is 11.2.